The molecule has 0 N–H and O–H groups in total. The van der Waals surface area contributed by atoms with Crippen molar-refractivity contribution in [1.82, 2.24) is 9.97 Å². The van der Waals surface area contributed by atoms with Crippen molar-refractivity contribution in [2.75, 3.05) is 11.9 Å². The minimum atomic E-state index is 0.100. The molecule has 1 heterocycles. The Labute approximate surface area is 115 Å². The predicted octanol–water partition coefficient (Wildman–Crippen LogP) is 2.58. The molecule has 0 aliphatic rings. The number of hydrogen-bond acceptors (Lipinski definition) is 5. The highest BCUT2D eigenvalue weighted by Crippen LogP contribution is 2.27. The zero-order valence-corrected chi connectivity index (χ0v) is 10.8. The first kappa shape index (κ1) is 13.0. The zero-order valence-electron chi connectivity index (χ0n) is 10.0. The van der Waals surface area contributed by atoms with Crippen LogP contribution in [0.15, 0.2) is 30.6 Å². The van der Waals surface area contributed by atoms with Crippen molar-refractivity contribution in [1.29, 1.82) is 5.26 Å². The summed E-state index contributed by atoms with van der Waals surface area (Å²) in [6.07, 6.45) is 1.90. The first-order valence-electron chi connectivity index (χ1n) is 5.37. The van der Waals surface area contributed by atoms with Gasteiger partial charge in [0.2, 0.25) is 0 Å². The number of halogens is 1. The van der Waals surface area contributed by atoms with Crippen molar-refractivity contribution in [3.8, 4) is 6.07 Å². The van der Waals surface area contributed by atoms with Crippen LogP contribution in [0.5, 0.6) is 0 Å². The van der Waals surface area contributed by atoms with E-state index >= 15 is 0 Å². The van der Waals surface area contributed by atoms with E-state index in [9.17, 15) is 4.79 Å². The van der Waals surface area contributed by atoms with Gasteiger partial charge >= 0.3 is 0 Å². The van der Waals surface area contributed by atoms with Crippen molar-refractivity contribution in [3.63, 3.8) is 0 Å². The molecule has 0 amide bonds. The number of nitrogens with zero attached hydrogens (tertiary/aromatic N) is 4. The number of benzene rings is 1. The average Bonchev–Trinajstić information content (AvgIpc) is 2.46. The second kappa shape index (κ2) is 5.46. The van der Waals surface area contributed by atoms with Gasteiger partial charge in [0.25, 0.3) is 0 Å². The van der Waals surface area contributed by atoms with Gasteiger partial charge in [-0.1, -0.05) is 17.7 Å². The Balaban J connectivity index is 2.50. The van der Waals surface area contributed by atoms with E-state index in [0.717, 1.165) is 5.69 Å². The van der Waals surface area contributed by atoms with Gasteiger partial charge in [0.15, 0.2) is 6.29 Å². The van der Waals surface area contributed by atoms with Crippen LogP contribution in [0.4, 0.5) is 11.5 Å². The Kier molecular flexibility index (Phi) is 3.74. The second-order valence-electron chi connectivity index (χ2n) is 3.74. The first-order chi connectivity index (χ1) is 9.17. The fourth-order valence-electron chi connectivity index (χ4n) is 1.64. The summed E-state index contributed by atoms with van der Waals surface area (Å²) >= 11 is 5.86. The molecule has 0 unspecified atom stereocenters. The molecule has 0 atom stereocenters. The summed E-state index contributed by atoms with van der Waals surface area (Å²) in [5.74, 6) is 0.394. The van der Waals surface area contributed by atoms with Crippen molar-refractivity contribution < 1.29 is 4.79 Å². The second-order valence-corrected chi connectivity index (χ2v) is 4.10. The van der Waals surface area contributed by atoms with E-state index in [-0.39, 0.29) is 10.7 Å². The fourth-order valence-corrected chi connectivity index (χ4v) is 1.81. The molecule has 94 valence electrons. The van der Waals surface area contributed by atoms with Gasteiger partial charge in [-0.15, -0.1) is 0 Å². The summed E-state index contributed by atoms with van der Waals surface area (Å²) in [7, 11) is 1.74. The molecule has 0 aliphatic carbocycles. The van der Waals surface area contributed by atoms with Crippen molar-refractivity contribution in [3.05, 3.63) is 46.9 Å². The summed E-state index contributed by atoms with van der Waals surface area (Å²) in [5.41, 5.74) is 1.48. The molecule has 0 radical (unpaired) electrons. The van der Waals surface area contributed by atoms with Crippen molar-refractivity contribution >= 4 is 29.4 Å². The van der Waals surface area contributed by atoms with Crippen LogP contribution in [-0.2, 0) is 0 Å². The first-order valence-corrected chi connectivity index (χ1v) is 5.74. The summed E-state index contributed by atoms with van der Waals surface area (Å²) in [6.45, 7) is 0. The molecular weight excluding hydrogens is 264 g/mol. The molecule has 6 heteroatoms. The zero-order chi connectivity index (χ0) is 13.8. The molecule has 0 saturated carbocycles. The highest BCUT2D eigenvalue weighted by atomic mass is 35.5. The van der Waals surface area contributed by atoms with Gasteiger partial charge in [0.05, 0.1) is 17.2 Å². The number of carbonyl (C=O) groups is 1. The molecule has 0 spiro atoms. The Morgan fingerprint density at radius 2 is 2.21 bits per heavy atom. The number of anilines is 2. The smallest absolute Gasteiger partial charge is 0.156 e. The van der Waals surface area contributed by atoms with Gasteiger partial charge < -0.3 is 4.90 Å². The van der Waals surface area contributed by atoms with E-state index in [0.29, 0.717) is 17.7 Å². The lowest BCUT2D eigenvalue weighted by Crippen LogP contribution is -2.14. The molecule has 1 aromatic carbocycles. The maximum absolute atomic E-state index is 11.1. The van der Waals surface area contributed by atoms with Gasteiger partial charge in [-0.25, -0.2) is 9.97 Å². The Hall–Kier alpha value is -2.45. The topological polar surface area (TPSA) is 69.9 Å². The van der Waals surface area contributed by atoms with Crippen LogP contribution in [0.2, 0.25) is 5.15 Å². The minimum absolute atomic E-state index is 0.100. The largest absolute Gasteiger partial charge is 0.329 e. The van der Waals surface area contributed by atoms with Gasteiger partial charge in [0, 0.05) is 12.7 Å². The third-order valence-electron chi connectivity index (χ3n) is 2.61. The SMILES string of the molecule is CN(c1cccc(C#N)c1)c1ncnc(Cl)c1C=O. The number of rotatable bonds is 3. The molecule has 0 fully saturated rings. The van der Waals surface area contributed by atoms with Gasteiger partial charge in [-0.05, 0) is 18.2 Å². The molecule has 0 saturated heterocycles. The average molecular weight is 273 g/mol. The van der Waals surface area contributed by atoms with Crippen molar-refractivity contribution in [2.45, 2.75) is 0 Å². The van der Waals surface area contributed by atoms with Crippen LogP contribution in [0.3, 0.4) is 0 Å². The fraction of sp³-hybridized carbons (Fsp3) is 0.0769. The summed E-state index contributed by atoms with van der Waals surface area (Å²) in [6, 6.07) is 9.03. The van der Waals surface area contributed by atoms with Gasteiger partial charge in [-0.3, -0.25) is 4.79 Å². The van der Waals surface area contributed by atoms with E-state index in [1.165, 1.54) is 6.33 Å². The maximum atomic E-state index is 11.1. The molecule has 19 heavy (non-hydrogen) atoms. The molecule has 5 nitrogen and oxygen atoms in total. The summed E-state index contributed by atoms with van der Waals surface area (Å²) in [5, 5.41) is 8.99. The van der Waals surface area contributed by atoms with Gasteiger partial charge in [0.1, 0.15) is 17.3 Å². The highest BCUT2D eigenvalue weighted by molar-refractivity contribution is 6.32. The number of aromatic nitrogens is 2. The van der Waals surface area contributed by atoms with Crippen LogP contribution in [0, 0.1) is 11.3 Å². The Morgan fingerprint density at radius 3 is 2.89 bits per heavy atom. The van der Waals surface area contributed by atoms with E-state index in [1.807, 2.05) is 6.07 Å². The Morgan fingerprint density at radius 1 is 1.42 bits per heavy atom. The minimum Gasteiger partial charge on any atom is -0.329 e. The van der Waals surface area contributed by atoms with Crippen molar-refractivity contribution in [2.24, 2.45) is 0 Å². The van der Waals surface area contributed by atoms with E-state index in [1.54, 1.807) is 30.1 Å². The van der Waals surface area contributed by atoms with Crippen LogP contribution in [0.1, 0.15) is 15.9 Å². The molecule has 2 aromatic rings. The van der Waals surface area contributed by atoms with Gasteiger partial charge in [-0.2, -0.15) is 5.26 Å². The lowest BCUT2D eigenvalue weighted by atomic mass is 10.2. The molecule has 0 bridgehead atoms. The van der Waals surface area contributed by atoms with E-state index in [2.05, 4.69) is 16.0 Å². The summed E-state index contributed by atoms with van der Waals surface area (Å²) in [4.78, 5) is 20.6. The normalized spacial score (nSPS) is 9.74. The third-order valence-corrected chi connectivity index (χ3v) is 2.91. The number of hydrogen-bond donors (Lipinski definition) is 0. The quantitative estimate of drug-likeness (QED) is 0.634. The van der Waals surface area contributed by atoms with E-state index in [4.69, 9.17) is 16.9 Å². The van der Waals surface area contributed by atoms with Crippen LogP contribution >= 0.6 is 11.6 Å². The van der Waals surface area contributed by atoms with Crippen LogP contribution in [-0.4, -0.2) is 23.3 Å². The standard InChI is InChI=1S/C13H9ClN4O/c1-18(10-4-2-3-9(5-10)6-15)13-11(7-19)12(14)16-8-17-13/h2-5,7-8H,1H3. The molecular formula is C13H9ClN4O. The number of carbonyl (C=O) groups excluding carboxylic acids is 1. The van der Waals surface area contributed by atoms with Crippen LogP contribution < -0.4 is 4.90 Å². The maximum Gasteiger partial charge on any atom is 0.156 e. The lowest BCUT2D eigenvalue weighted by molar-refractivity contribution is 0.112. The Bertz CT molecular complexity index is 666. The highest BCUT2D eigenvalue weighted by Gasteiger charge is 2.14. The monoisotopic (exact) mass is 272 g/mol. The molecule has 0 aliphatic heterocycles. The number of nitriles is 1. The summed E-state index contributed by atoms with van der Waals surface area (Å²) < 4.78 is 0. The lowest BCUT2D eigenvalue weighted by Gasteiger charge is -2.19. The molecule has 1 aromatic heterocycles. The number of aldehydes is 1. The molecule has 2 rings (SSSR count). The van der Waals surface area contributed by atoms with Crippen LogP contribution in [0.25, 0.3) is 0 Å². The predicted molar refractivity (Wildman–Crippen MR) is 71.6 cm³/mol. The third kappa shape index (κ3) is 2.54. The van der Waals surface area contributed by atoms with E-state index < -0.39 is 0 Å².